The number of benzene rings is 1. The Balaban J connectivity index is 2.46. The topological polar surface area (TPSA) is 75.4 Å². The number of phenols is 1. The molecular weight excluding hydrogens is 204 g/mol. The summed E-state index contributed by atoms with van der Waals surface area (Å²) in [4.78, 5) is 11.6. The van der Waals surface area contributed by atoms with E-state index in [1.165, 1.54) is 0 Å². The second-order valence-corrected chi connectivity index (χ2v) is 4.03. The van der Waals surface area contributed by atoms with E-state index in [2.05, 4.69) is 5.32 Å². The van der Waals surface area contributed by atoms with E-state index in [1.54, 1.807) is 31.2 Å². The summed E-state index contributed by atoms with van der Waals surface area (Å²) in [5, 5.41) is 11.9. The van der Waals surface area contributed by atoms with Gasteiger partial charge in [0.1, 0.15) is 5.75 Å². The Kier molecular flexibility index (Phi) is 4.31. The molecule has 0 aliphatic carbocycles. The van der Waals surface area contributed by atoms with Gasteiger partial charge in [0.25, 0.3) is 0 Å². The highest BCUT2D eigenvalue weighted by Gasteiger charge is 2.16. The molecule has 1 aromatic rings. The van der Waals surface area contributed by atoms with Crippen LogP contribution >= 0.6 is 0 Å². The van der Waals surface area contributed by atoms with E-state index in [9.17, 15) is 4.79 Å². The maximum absolute atomic E-state index is 11.6. The molecular formula is C12H18N2O2. The average molecular weight is 222 g/mol. The SMILES string of the molecule is CC(N)C(C)C(=O)NCc1ccc(O)cc1. The van der Waals surface area contributed by atoms with Crippen molar-refractivity contribution < 1.29 is 9.90 Å². The first-order valence-electron chi connectivity index (χ1n) is 5.32. The van der Waals surface area contributed by atoms with Crippen LogP contribution in [0.5, 0.6) is 5.75 Å². The summed E-state index contributed by atoms with van der Waals surface area (Å²) in [6, 6.07) is 6.57. The van der Waals surface area contributed by atoms with Gasteiger partial charge in [-0.25, -0.2) is 0 Å². The van der Waals surface area contributed by atoms with Crippen LogP contribution in [-0.2, 0) is 11.3 Å². The van der Waals surface area contributed by atoms with E-state index in [0.717, 1.165) is 5.56 Å². The molecule has 0 fully saturated rings. The maximum atomic E-state index is 11.6. The van der Waals surface area contributed by atoms with E-state index in [4.69, 9.17) is 10.8 Å². The molecule has 2 atom stereocenters. The van der Waals surface area contributed by atoms with Crippen molar-refractivity contribution in [3.8, 4) is 5.75 Å². The molecule has 0 saturated carbocycles. The fraction of sp³-hybridized carbons (Fsp3) is 0.417. The lowest BCUT2D eigenvalue weighted by Crippen LogP contribution is -2.38. The second kappa shape index (κ2) is 5.51. The van der Waals surface area contributed by atoms with Gasteiger partial charge in [-0.15, -0.1) is 0 Å². The number of hydrogen-bond acceptors (Lipinski definition) is 3. The van der Waals surface area contributed by atoms with Crippen LogP contribution in [0.15, 0.2) is 24.3 Å². The number of nitrogens with one attached hydrogen (secondary N) is 1. The summed E-state index contributed by atoms with van der Waals surface area (Å²) < 4.78 is 0. The number of nitrogens with two attached hydrogens (primary N) is 1. The summed E-state index contributed by atoms with van der Waals surface area (Å²) in [5.41, 5.74) is 6.58. The Hall–Kier alpha value is -1.55. The molecule has 0 aliphatic rings. The first-order chi connectivity index (χ1) is 7.50. The van der Waals surface area contributed by atoms with Crippen molar-refractivity contribution in [2.45, 2.75) is 26.4 Å². The van der Waals surface area contributed by atoms with Crippen molar-refractivity contribution in [2.75, 3.05) is 0 Å². The molecule has 0 aromatic heterocycles. The van der Waals surface area contributed by atoms with Gasteiger partial charge in [-0.1, -0.05) is 19.1 Å². The molecule has 0 bridgehead atoms. The molecule has 0 radical (unpaired) electrons. The van der Waals surface area contributed by atoms with Crippen LogP contribution in [0.4, 0.5) is 0 Å². The molecule has 2 unspecified atom stereocenters. The largest absolute Gasteiger partial charge is 0.508 e. The lowest BCUT2D eigenvalue weighted by Gasteiger charge is -2.15. The summed E-state index contributed by atoms with van der Waals surface area (Å²) in [6.07, 6.45) is 0. The first kappa shape index (κ1) is 12.5. The Bertz CT molecular complexity index is 347. The minimum Gasteiger partial charge on any atom is -0.508 e. The third-order valence-electron chi connectivity index (χ3n) is 2.61. The fourth-order valence-corrected chi connectivity index (χ4v) is 1.20. The summed E-state index contributed by atoms with van der Waals surface area (Å²) >= 11 is 0. The van der Waals surface area contributed by atoms with Crippen molar-refractivity contribution in [1.29, 1.82) is 0 Å². The maximum Gasteiger partial charge on any atom is 0.224 e. The minimum atomic E-state index is -0.197. The summed E-state index contributed by atoms with van der Waals surface area (Å²) in [6.45, 7) is 4.07. The van der Waals surface area contributed by atoms with Gasteiger partial charge in [0, 0.05) is 18.5 Å². The van der Waals surface area contributed by atoms with Crippen molar-refractivity contribution in [1.82, 2.24) is 5.32 Å². The number of carbonyl (C=O) groups is 1. The third kappa shape index (κ3) is 3.55. The zero-order valence-electron chi connectivity index (χ0n) is 9.60. The standard InChI is InChI=1S/C12H18N2O2/c1-8(9(2)13)12(16)14-7-10-3-5-11(15)6-4-10/h3-6,8-9,15H,7,13H2,1-2H3,(H,14,16). The molecule has 1 rings (SSSR count). The first-order valence-corrected chi connectivity index (χ1v) is 5.32. The molecule has 0 heterocycles. The Morgan fingerprint density at radius 1 is 1.38 bits per heavy atom. The summed E-state index contributed by atoms with van der Waals surface area (Å²) in [7, 11) is 0. The zero-order chi connectivity index (χ0) is 12.1. The number of aromatic hydroxyl groups is 1. The molecule has 0 aliphatic heterocycles. The highest BCUT2D eigenvalue weighted by atomic mass is 16.3. The van der Waals surface area contributed by atoms with Crippen LogP contribution in [-0.4, -0.2) is 17.1 Å². The van der Waals surface area contributed by atoms with Gasteiger partial charge in [0.15, 0.2) is 0 Å². The molecule has 1 amide bonds. The molecule has 4 N–H and O–H groups in total. The van der Waals surface area contributed by atoms with Crippen LogP contribution in [0.25, 0.3) is 0 Å². The molecule has 0 saturated heterocycles. The van der Waals surface area contributed by atoms with Gasteiger partial charge in [-0.05, 0) is 24.6 Å². The highest BCUT2D eigenvalue weighted by molar-refractivity contribution is 5.78. The van der Waals surface area contributed by atoms with Gasteiger partial charge in [0.05, 0.1) is 0 Å². The molecule has 1 aromatic carbocycles. The van der Waals surface area contributed by atoms with Crippen LogP contribution in [0.1, 0.15) is 19.4 Å². The zero-order valence-corrected chi connectivity index (χ0v) is 9.60. The van der Waals surface area contributed by atoms with Crippen molar-refractivity contribution in [3.63, 3.8) is 0 Å². The normalized spacial score (nSPS) is 14.2. The molecule has 4 heteroatoms. The molecule has 0 spiro atoms. The predicted octanol–water partition coefficient (Wildman–Crippen LogP) is 0.992. The Morgan fingerprint density at radius 2 is 1.94 bits per heavy atom. The van der Waals surface area contributed by atoms with Gasteiger partial charge in [-0.3, -0.25) is 4.79 Å². The highest BCUT2D eigenvalue weighted by Crippen LogP contribution is 2.09. The second-order valence-electron chi connectivity index (χ2n) is 4.03. The van der Waals surface area contributed by atoms with Gasteiger partial charge in [0.2, 0.25) is 5.91 Å². The van der Waals surface area contributed by atoms with Crippen molar-refractivity contribution in [2.24, 2.45) is 11.7 Å². The van der Waals surface area contributed by atoms with E-state index >= 15 is 0 Å². The van der Waals surface area contributed by atoms with Crippen LogP contribution in [0.3, 0.4) is 0 Å². The van der Waals surface area contributed by atoms with Crippen LogP contribution in [0.2, 0.25) is 0 Å². The van der Waals surface area contributed by atoms with E-state index < -0.39 is 0 Å². The third-order valence-corrected chi connectivity index (χ3v) is 2.61. The number of amides is 1. The van der Waals surface area contributed by atoms with Crippen molar-refractivity contribution >= 4 is 5.91 Å². The van der Waals surface area contributed by atoms with Crippen LogP contribution < -0.4 is 11.1 Å². The van der Waals surface area contributed by atoms with Gasteiger partial charge in [-0.2, -0.15) is 0 Å². The van der Waals surface area contributed by atoms with Gasteiger partial charge < -0.3 is 16.2 Å². The smallest absolute Gasteiger partial charge is 0.224 e. The fourth-order valence-electron chi connectivity index (χ4n) is 1.20. The lowest BCUT2D eigenvalue weighted by atomic mass is 10.0. The number of hydrogen-bond donors (Lipinski definition) is 3. The quantitative estimate of drug-likeness (QED) is 0.711. The number of phenolic OH excluding ortho intramolecular Hbond substituents is 1. The number of carbonyl (C=O) groups excluding carboxylic acids is 1. The van der Waals surface area contributed by atoms with E-state index in [1.807, 2.05) is 6.92 Å². The Labute approximate surface area is 95.5 Å². The van der Waals surface area contributed by atoms with E-state index in [-0.39, 0.29) is 23.6 Å². The molecule has 88 valence electrons. The monoisotopic (exact) mass is 222 g/mol. The van der Waals surface area contributed by atoms with Crippen molar-refractivity contribution in [3.05, 3.63) is 29.8 Å². The lowest BCUT2D eigenvalue weighted by molar-refractivity contribution is -0.125. The predicted molar refractivity (Wildman–Crippen MR) is 62.8 cm³/mol. The number of rotatable bonds is 4. The Morgan fingerprint density at radius 3 is 2.44 bits per heavy atom. The van der Waals surface area contributed by atoms with Gasteiger partial charge >= 0.3 is 0 Å². The summed E-state index contributed by atoms with van der Waals surface area (Å²) in [5.74, 6) is -0.0285. The molecule has 16 heavy (non-hydrogen) atoms. The van der Waals surface area contributed by atoms with Crippen LogP contribution in [0, 0.1) is 5.92 Å². The average Bonchev–Trinajstić information content (AvgIpc) is 2.26. The minimum absolute atomic E-state index is 0.0527. The van der Waals surface area contributed by atoms with E-state index in [0.29, 0.717) is 6.54 Å². The molecule has 4 nitrogen and oxygen atoms in total.